The van der Waals surface area contributed by atoms with Gasteiger partial charge in [-0.3, -0.25) is 0 Å². The molecule has 0 aromatic carbocycles. The summed E-state index contributed by atoms with van der Waals surface area (Å²) in [6, 6.07) is 0. The van der Waals surface area contributed by atoms with E-state index in [-0.39, 0.29) is 0 Å². The van der Waals surface area contributed by atoms with Crippen molar-refractivity contribution in [1.82, 2.24) is 4.90 Å². The fourth-order valence-corrected chi connectivity index (χ4v) is 0.994. The number of nitrogens with zero attached hydrogens (tertiary/aromatic N) is 2. The van der Waals surface area contributed by atoms with E-state index < -0.39 is 0 Å². The molecule has 0 aliphatic carbocycles. The van der Waals surface area contributed by atoms with Crippen LogP contribution in [0.1, 0.15) is 0 Å². The van der Waals surface area contributed by atoms with Crippen molar-refractivity contribution in [2.45, 2.75) is 0 Å². The average molecular weight is 144 g/mol. The molecule has 2 heteroatoms. The first-order valence-corrected chi connectivity index (χ1v) is 3.51. The monoisotopic (exact) mass is 144 g/mol. The Kier molecular flexibility index (Phi) is 1.44. The van der Waals surface area contributed by atoms with Gasteiger partial charge in [-0.1, -0.05) is 6.08 Å². The molecule has 0 spiro atoms. The van der Waals surface area contributed by atoms with E-state index in [0.29, 0.717) is 0 Å². The third-order valence-electron chi connectivity index (χ3n) is 1.52. The Balaban J connectivity index is 2.39. The highest BCUT2D eigenvalue weighted by Crippen LogP contribution is 2.06. The van der Waals surface area contributed by atoms with Gasteiger partial charge in [0.05, 0.1) is 0 Å². The first kappa shape index (κ1) is 6.16. The minimum Gasteiger partial charge on any atom is -0.309 e. The molecule has 0 radical (unpaired) electrons. The average Bonchev–Trinajstić information content (AvgIpc) is 2.28. The van der Waals surface area contributed by atoms with Crippen molar-refractivity contribution in [2.24, 2.45) is 4.99 Å². The van der Waals surface area contributed by atoms with Crippen LogP contribution >= 0.6 is 0 Å². The van der Waals surface area contributed by atoms with Crippen LogP contribution in [0.25, 0.3) is 0 Å². The van der Waals surface area contributed by atoms with Gasteiger partial charge in [-0.2, -0.15) is 0 Å². The zero-order valence-electron chi connectivity index (χ0n) is 6.01. The Bertz CT molecular complexity index is 293. The number of allylic oxidation sites excluding steroid dienone is 4. The van der Waals surface area contributed by atoms with Crippen molar-refractivity contribution in [3.8, 4) is 0 Å². The fourth-order valence-electron chi connectivity index (χ4n) is 0.994. The van der Waals surface area contributed by atoms with Crippen molar-refractivity contribution in [2.75, 3.05) is 0 Å². The van der Waals surface area contributed by atoms with E-state index in [2.05, 4.69) is 4.99 Å². The molecular weight excluding hydrogens is 136 g/mol. The Labute approximate surface area is 65.5 Å². The van der Waals surface area contributed by atoms with Crippen LogP contribution in [0.3, 0.4) is 0 Å². The number of fused-ring (bicyclic) bond motifs is 1. The molecule has 54 valence electrons. The first-order chi connectivity index (χ1) is 5.47. The van der Waals surface area contributed by atoms with Crippen molar-refractivity contribution in [1.29, 1.82) is 0 Å². The van der Waals surface area contributed by atoms with Crippen molar-refractivity contribution >= 4 is 5.84 Å². The quantitative estimate of drug-likeness (QED) is 0.506. The van der Waals surface area contributed by atoms with Gasteiger partial charge in [0.2, 0.25) is 0 Å². The SMILES string of the molecule is C1=CN=C2C=CC=CN2C=C1. The van der Waals surface area contributed by atoms with Crippen molar-refractivity contribution in [3.63, 3.8) is 0 Å². The predicted octanol–water partition coefficient (Wildman–Crippen LogP) is 1.81. The maximum Gasteiger partial charge on any atom is 0.136 e. The van der Waals surface area contributed by atoms with Crippen LogP contribution in [0, 0.1) is 0 Å². The zero-order chi connectivity index (χ0) is 7.52. The molecule has 2 nitrogen and oxygen atoms in total. The minimum atomic E-state index is 0.956. The van der Waals surface area contributed by atoms with Crippen LogP contribution < -0.4 is 0 Å². The molecular formula is C9H8N2. The first-order valence-electron chi connectivity index (χ1n) is 3.51. The van der Waals surface area contributed by atoms with Gasteiger partial charge in [0, 0.05) is 18.6 Å². The van der Waals surface area contributed by atoms with E-state index in [1.165, 1.54) is 0 Å². The molecule has 11 heavy (non-hydrogen) atoms. The van der Waals surface area contributed by atoms with Crippen LogP contribution in [0.2, 0.25) is 0 Å². The molecule has 2 aliphatic rings. The second-order valence-electron chi connectivity index (χ2n) is 2.28. The molecule has 0 N–H and O–H groups in total. The Hall–Kier alpha value is -1.57. The lowest BCUT2D eigenvalue weighted by atomic mass is 10.3. The summed E-state index contributed by atoms with van der Waals surface area (Å²) in [4.78, 5) is 6.18. The smallest absolute Gasteiger partial charge is 0.136 e. The summed E-state index contributed by atoms with van der Waals surface area (Å²) in [7, 11) is 0. The molecule has 2 aliphatic heterocycles. The molecule has 0 amide bonds. The number of hydrogen-bond donors (Lipinski definition) is 0. The van der Waals surface area contributed by atoms with Crippen LogP contribution in [0.4, 0.5) is 0 Å². The molecule has 2 rings (SSSR count). The Morgan fingerprint density at radius 3 is 2.73 bits per heavy atom. The number of amidine groups is 1. The number of aliphatic imine (C=N–C) groups is 1. The highest BCUT2D eigenvalue weighted by atomic mass is 15.2. The van der Waals surface area contributed by atoms with Crippen LogP contribution in [-0.4, -0.2) is 10.7 Å². The molecule has 0 fully saturated rings. The predicted molar refractivity (Wildman–Crippen MR) is 45.8 cm³/mol. The minimum absolute atomic E-state index is 0.956. The van der Waals surface area contributed by atoms with Gasteiger partial charge < -0.3 is 4.90 Å². The molecule has 0 aromatic rings. The molecule has 0 unspecified atom stereocenters. The second-order valence-corrected chi connectivity index (χ2v) is 2.28. The van der Waals surface area contributed by atoms with Crippen molar-refractivity contribution in [3.05, 3.63) is 49.0 Å². The van der Waals surface area contributed by atoms with E-state index in [0.717, 1.165) is 5.84 Å². The van der Waals surface area contributed by atoms with Gasteiger partial charge in [-0.15, -0.1) is 0 Å². The largest absolute Gasteiger partial charge is 0.309 e. The van der Waals surface area contributed by atoms with E-state index in [1.807, 2.05) is 47.7 Å². The Morgan fingerprint density at radius 1 is 1.00 bits per heavy atom. The highest BCUT2D eigenvalue weighted by Gasteiger charge is 2.03. The molecule has 0 aromatic heterocycles. The summed E-state index contributed by atoms with van der Waals surface area (Å²) < 4.78 is 0. The zero-order valence-corrected chi connectivity index (χ0v) is 6.01. The molecule has 0 saturated heterocycles. The lowest BCUT2D eigenvalue weighted by Crippen LogP contribution is -2.18. The lowest BCUT2D eigenvalue weighted by molar-refractivity contribution is 0.761. The topological polar surface area (TPSA) is 15.6 Å². The molecule has 0 bridgehead atoms. The lowest BCUT2D eigenvalue weighted by Gasteiger charge is -2.15. The summed E-state index contributed by atoms with van der Waals surface area (Å²) in [5.41, 5.74) is 0. The van der Waals surface area contributed by atoms with Crippen molar-refractivity contribution < 1.29 is 0 Å². The molecule has 0 saturated carbocycles. The van der Waals surface area contributed by atoms with Gasteiger partial charge in [-0.25, -0.2) is 4.99 Å². The van der Waals surface area contributed by atoms with Gasteiger partial charge in [0.15, 0.2) is 0 Å². The van der Waals surface area contributed by atoms with Crippen LogP contribution in [-0.2, 0) is 0 Å². The third-order valence-corrected chi connectivity index (χ3v) is 1.52. The highest BCUT2D eigenvalue weighted by molar-refractivity contribution is 5.96. The molecule has 2 heterocycles. The van der Waals surface area contributed by atoms with Gasteiger partial charge >= 0.3 is 0 Å². The summed E-state index contributed by atoms with van der Waals surface area (Å²) in [6.45, 7) is 0. The van der Waals surface area contributed by atoms with Crippen LogP contribution in [0.15, 0.2) is 54.0 Å². The van der Waals surface area contributed by atoms with Gasteiger partial charge in [0.1, 0.15) is 5.84 Å². The number of rotatable bonds is 0. The van der Waals surface area contributed by atoms with Crippen LogP contribution in [0.5, 0.6) is 0 Å². The summed E-state index contributed by atoms with van der Waals surface area (Å²) in [5, 5.41) is 0. The Morgan fingerprint density at radius 2 is 1.82 bits per heavy atom. The van der Waals surface area contributed by atoms with E-state index in [4.69, 9.17) is 0 Å². The number of hydrogen-bond acceptors (Lipinski definition) is 2. The normalized spacial score (nSPS) is 19.6. The summed E-state index contributed by atoms with van der Waals surface area (Å²) in [5.74, 6) is 0.956. The van der Waals surface area contributed by atoms with E-state index in [9.17, 15) is 0 Å². The standard InChI is InChI=1S/C9H8N2/c1-3-7-11-8-4-2-6-10-9(11)5-1/h1-8H. The fraction of sp³-hybridized carbons (Fsp3) is 0. The summed E-state index contributed by atoms with van der Waals surface area (Å²) >= 11 is 0. The third kappa shape index (κ3) is 1.15. The maximum atomic E-state index is 4.21. The molecule has 0 atom stereocenters. The summed E-state index contributed by atoms with van der Waals surface area (Å²) in [6.07, 6.45) is 15.5. The van der Waals surface area contributed by atoms with E-state index >= 15 is 0 Å². The maximum absolute atomic E-state index is 4.21. The van der Waals surface area contributed by atoms with Gasteiger partial charge in [-0.05, 0) is 24.3 Å². The van der Waals surface area contributed by atoms with Gasteiger partial charge in [0.25, 0.3) is 0 Å². The second kappa shape index (κ2) is 2.58. The van der Waals surface area contributed by atoms with E-state index in [1.54, 1.807) is 6.20 Å².